The number of esters is 1. The summed E-state index contributed by atoms with van der Waals surface area (Å²) in [5.74, 6) is -0.696. The topological polar surface area (TPSA) is 68.3 Å². The molecule has 0 saturated carbocycles. The van der Waals surface area contributed by atoms with E-state index in [1.165, 1.54) is 0 Å². The maximum Gasteiger partial charge on any atom is 0.339 e. The Balaban J connectivity index is 1.89. The van der Waals surface area contributed by atoms with Gasteiger partial charge in [-0.1, -0.05) is 31.5 Å². The predicted molar refractivity (Wildman–Crippen MR) is 101 cm³/mol. The molecule has 1 aliphatic rings. The van der Waals surface area contributed by atoms with Crippen molar-refractivity contribution in [3.8, 4) is 0 Å². The van der Waals surface area contributed by atoms with Crippen molar-refractivity contribution in [1.29, 1.82) is 0 Å². The number of aromatic nitrogens is 1. The molecule has 1 N–H and O–H groups in total. The van der Waals surface area contributed by atoms with Crippen LogP contribution in [0.3, 0.4) is 0 Å². The van der Waals surface area contributed by atoms with Crippen LogP contribution in [0.25, 0.3) is 10.9 Å². The first kappa shape index (κ1) is 18.4. The van der Waals surface area contributed by atoms with Crippen LogP contribution in [0, 0.1) is 0 Å². The minimum atomic E-state index is -0.430. The third kappa shape index (κ3) is 4.03. The quantitative estimate of drug-likeness (QED) is 0.658. The zero-order chi connectivity index (χ0) is 18.5. The number of aryl methyl sites for hydroxylation is 1. The molecule has 0 bridgehead atoms. The highest BCUT2D eigenvalue weighted by Gasteiger charge is 2.23. The van der Waals surface area contributed by atoms with E-state index < -0.39 is 5.97 Å². The van der Waals surface area contributed by atoms with Crippen LogP contribution in [0.4, 0.5) is 0 Å². The molecule has 1 amide bonds. The van der Waals surface area contributed by atoms with Crippen molar-refractivity contribution in [2.24, 2.45) is 0 Å². The number of fused-ring (bicyclic) bond motifs is 2. The van der Waals surface area contributed by atoms with Crippen LogP contribution >= 0.6 is 0 Å². The summed E-state index contributed by atoms with van der Waals surface area (Å²) in [5, 5.41) is 3.62. The lowest BCUT2D eigenvalue weighted by Gasteiger charge is -2.15. The van der Waals surface area contributed by atoms with Crippen LogP contribution in [0.5, 0.6) is 0 Å². The second kappa shape index (κ2) is 8.30. The molecule has 1 unspecified atom stereocenters. The van der Waals surface area contributed by atoms with Crippen molar-refractivity contribution < 1.29 is 14.3 Å². The summed E-state index contributed by atoms with van der Waals surface area (Å²) >= 11 is 0. The Bertz CT molecular complexity index is 816. The predicted octanol–water partition coefficient (Wildman–Crippen LogP) is 3.58. The Morgan fingerprint density at radius 2 is 1.96 bits per heavy atom. The molecule has 0 aliphatic heterocycles. The third-order valence-corrected chi connectivity index (χ3v) is 4.98. The Hall–Kier alpha value is -2.43. The molecule has 0 spiro atoms. The second-order valence-corrected chi connectivity index (χ2v) is 6.94. The monoisotopic (exact) mass is 354 g/mol. The van der Waals surface area contributed by atoms with Crippen LogP contribution in [-0.4, -0.2) is 29.5 Å². The summed E-state index contributed by atoms with van der Waals surface area (Å²) in [6, 6.07) is 7.72. The van der Waals surface area contributed by atoms with Crippen molar-refractivity contribution in [2.45, 2.75) is 58.4 Å². The number of para-hydroxylation sites is 1. The fourth-order valence-corrected chi connectivity index (χ4v) is 3.40. The van der Waals surface area contributed by atoms with E-state index in [4.69, 9.17) is 9.72 Å². The molecule has 1 aliphatic carbocycles. The van der Waals surface area contributed by atoms with Gasteiger partial charge >= 0.3 is 5.97 Å². The Labute approximate surface area is 154 Å². The molecule has 0 saturated heterocycles. The molecule has 138 valence electrons. The van der Waals surface area contributed by atoms with Crippen LogP contribution < -0.4 is 5.32 Å². The molecular weight excluding hydrogens is 328 g/mol. The first-order chi connectivity index (χ1) is 12.6. The van der Waals surface area contributed by atoms with Gasteiger partial charge in [-0.05, 0) is 50.7 Å². The van der Waals surface area contributed by atoms with Gasteiger partial charge in [0, 0.05) is 17.1 Å². The van der Waals surface area contributed by atoms with E-state index in [0.29, 0.717) is 5.56 Å². The van der Waals surface area contributed by atoms with E-state index in [1.54, 1.807) is 0 Å². The zero-order valence-corrected chi connectivity index (χ0v) is 15.5. The van der Waals surface area contributed by atoms with E-state index in [1.807, 2.05) is 38.1 Å². The lowest BCUT2D eigenvalue weighted by atomic mass is 9.97. The average molecular weight is 354 g/mol. The van der Waals surface area contributed by atoms with Gasteiger partial charge in [-0.3, -0.25) is 9.78 Å². The molecule has 1 aromatic heterocycles. The summed E-state index contributed by atoms with van der Waals surface area (Å²) in [6.45, 7) is 3.67. The third-order valence-electron chi connectivity index (χ3n) is 4.98. The van der Waals surface area contributed by atoms with E-state index >= 15 is 0 Å². The minimum Gasteiger partial charge on any atom is -0.452 e. The summed E-state index contributed by atoms with van der Waals surface area (Å²) in [7, 11) is 0. The number of benzene rings is 1. The van der Waals surface area contributed by atoms with Crippen molar-refractivity contribution in [3.05, 3.63) is 41.1 Å². The van der Waals surface area contributed by atoms with Gasteiger partial charge in [0.25, 0.3) is 5.91 Å². The number of pyridine rings is 1. The first-order valence-corrected chi connectivity index (χ1v) is 9.47. The molecular formula is C21H26N2O3. The Morgan fingerprint density at radius 3 is 2.77 bits per heavy atom. The number of ether oxygens (including phenoxy) is 1. The largest absolute Gasteiger partial charge is 0.452 e. The van der Waals surface area contributed by atoms with Crippen molar-refractivity contribution in [3.63, 3.8) is 0 Å². The Morgan fingerprint density at radius 1 is 1.19 bits per heavy atom. The molecule has 1 aromatic carbocycles. The van der Waals surface area contributed by atoms with Gasteiger partial charge in [0.05, 0.1) is 11.1 Å². The minimum absolute atomic E-state index is 0.0687. The number of amides is 1. The molecule has 5 nitrogen and oxygen atoms in total. The molecule has 0 fully saturated rings. The average Bonchev–Trinajstić information content (AvgIpc) is 2.89. The van der Waals surface area contributed by atoms with Crippen LogP contribution in [0.2, 0.25) is 0 Å². The van der Waals surface area contributed by atoms with Crippen molar-refractivity contribution >= 4 is 22.8 Å². The number of carbonyl (C=O) groups is 2. The highest BCUT2D eigenvalue weighted by atomic mass is 16.5. The van der Waals surface area contributed by atoms with Crippen molar-refractivity contribution in [2.75, 3.05) is 6.61 Å². The molecule has 26 heavy (non-hydrogen) atoms. The lowest BCUT2D eigenvalue weighted by molar-refractivity contribution is -0.124. The first-order valence-electron chi connectivity index (χ1n) is 9.47. The standard InChI is InChI=1S/C21H26N2O3/c1-3-14(2)22-19(24)13-26-21(25)20-15-9-5-4-6-11-17(15)23-18-12-8-7-10-16(18)20/h7-8,10,12,14H,3-6,9,11,13H2,1-2H3,(H,22,24). The highest BCUT2D eigenvalue weighted by Crippen LogP contribution is 2.29. The van der Waals surface area contributed by atoms with Gasteiger partial charge in [0.2, 0.25) is 0 Å². The molecule has 5 heteroatoms. The number of hydrogen-bond donors (Lipinski definition) is 1. The molecule has 1 atom stereocenters. The van der Waals surface area contributed by atoms with Crippen molar-refractivity contribution in [1.82, 2.24) is 10.3 Å². The van der Waals surface area contributed by atoms with Gasteiger partial charge in [0.1, 0.15) is 0 Å². The molecule has 1 heterocycles. The highest BCUT2D eigenvalue weighted by molar-refractivity contribution is 6.05. The van der Waals surface area contributed by atoms with E-state index in [-0.39, 0.29) is 18.6 Å². The number of rotatable bonds is 5. The van der Waals surface area contributed by atoms with Gasteiger partial charge in [-0.15, -0.1) is 0 Å². The number of nitrogens with zero attached hydrogens (tertiary/aromatic N) is 1. The lowest BCUT2D eigenvalue weighted by Crippen LogP contribution is -2.35. The fourth-order valence-electron chi connectivity index (χ4n) is 3.40. The normalized spacial score (nSPS) is 15.0. The van der Waals surface area contributed by atoms with Crippen LogP contribution in [0.1, 0.15) is 61.1 Å². The van der Waals surface area contributed by atoms with Gasteiger partial charge in [0.15, 0.2) is 6.61 Å². The molecule has 0 radical (unpaired) electrons. The SMILES string of the molecule is CCC(C)NC(=O)COC(=O)c1c2c(nc3ccccc13)CCCCC2. The second-order valence-electron chi connectivity index (χ2n) is 6.94. The van der Waals surface area contributed by atoms with Crippen LogP contribution in [-0.2, 0) is 22.4 Å². The zero-order valence-electron chi connectivity index (χ0n) is 15.5. The van der Waals surface area contributed by atoms with Gasteiger partial charge < -0.3 is 10.1 Å². The summed E-state index contributed by atoms with van der Waals surface area (Å²) in [4.78, 5) is 29.6. The van der Waals surface area contributed by atoms with Gasteiger partial charge in [-0.25, -0.2) is 4.79 Å². The fraction of sp³-hybridized carbons (Fsp3) is 0.476. The van der Waals surface area contributed by atoms with Crippen LogP contribution in [0.15, 0.2) is 24.3 Å². The summed E-state index contributed by atoms with van der Waals surface area (Å²) in [6.07, 6.45) is 5.82. The number of nitrogens with one attached hydrogen (secondary N) is 1. The maximum absolute atomic E-state index is 12.9. The maximum atomic E-state index is 12.9. The van der Waals surface area contributed by atoms with Gasteiger partial charge in [-0.2, -0.15) is 0 Å². The van der Waals surface area contributed by atoms with E-state index in [0.717, 1.165) is 60.7 Å². The number of carbonyl (C=O) groups excluding carboxylic acids is 2. The summed E-state index contributed by atoms with van der Waals surface area (Å²) < 4.78 is 5.37. The van der Waals surface area contributed by atoms with E-state index in [9.17, 15) is 9.59 Å². The Kier molecular flexibility index (Phi) is 5.86. The molecule has 3 rings (SSSR count). The summed E-state index contributed by atoms with van der Waals surface area (Å²) in [5.41, 5.74) is 3.39. The molecule has 2 aromatic rings. The number of hydrogen-bond acceptors (Lipinski definition) is 4. The van der Waals surface area contributed by atoms with E-state index in [2.05, 4.69) is 5.32 Å². The smallest absolute Gasteiger partial charge is 0.339 e.